The molecule has 6 rings (SSSR count). The van der Waals surface area contributed by atoms with Gasteiger partial charge < -0.3 is 5.32 Å². The summed E-state index contributed by atoms with van der Waals surface area (Å²) in [6.07, 6.45) is 7.20. The van der Waals surface area contributed by atoms with E-state index in [2.05, 4.69) is 20.7 Å². The third-order valence-corrected chi connectivity index (χ3v) is 5.44. The zero-order valence-electron chi connectivity index (χ0n) is 16.7. The average Bonchev–Trinajstić information content (AvgIpc) is 3.17. The smallest absolute Gasteiger partial charge is 0.254 e. The Hall–Kier alpha value is -4.08. The van der Waals surface area contributed by atoms with Gasteiger partial charge in [0, 0.05) is 17.2 Å². The number of imide groups is 1. The number of anilines is 1. The Bertz CT molecular complexity index is 1430. The Kier molecular flexibility index (Phi) is 3.70. The van der Waals surface area contributed by atoms with Gasteiger partial charge in [-0.1, -0.05) is 6.07 Å². The van der Waals surface area contributed by atoms with E-state index in [1.54, 1.807) is 23.1 Å². The van der Waals surface area contributed by atoms with Gasteiger partial charge in [0.2, 0.25) is 17.8 Å². The molecular formula is C21H18N8O2. The lowest BCUT2D eigenvalue weighted by Crippen LogP contribution is -2.19. The summed E-state index contributed by atoms with van der Waals surface area (Å²) in [6.45, 7) is 2.02. The van der Waals surface area contributed by atoms with Crippen LogP contribution in [0.5, 0.6) is 0 Å². The SMILES string of the molecule is Cc1ccc2c(c1)ncn2-c1nc(NC2CC2)n2ncc(/C=C3\CC(=O)NC3=O)c2n1. The molecule has 1 aliphatic carbocycles. The summed E-state index contributed by atoms with van der Waals surface area (Å²) in [5.41, 5.74) is 4.45. The van der Waals surface area contributed by atoms with Crippen molar-refractivity contribution in [1.82, 2.24) is 34.4 Å². The summed E-state index contributed by atoms with van der Waals surface area (Å²) in [6, 6.07) is 6.38. The second-order valence-corrected chi connectivity index (χ2v) is 7.93. The molecule has 1 saturated heterocycles. The maximum Gasteiger partial charge on any atom is 0.254 e. The fraction of sp³-hybridized carbons (Fsp3) is 0.238. The lowest BCUT2D eigenvalue weighted by Gasteiger charge is -2.10. The Morgan fingerprint density at radius 3 is 2.87 bits per heavy atom. The highest BCUT2D eigenvalue weighted by Crippen LogP contribution is 2.27. The summed E-state index contributed by atoms with van der Waals surface area (Å²) in [7, 11) is 0. The van der Waals surface area contributed by atoms with E-state index < -0.39 is 0 Å². The maximum absolute atomic E-state index is 12.0. The normalized spacial score (nSPS) is 17.8. The van der Waals surface area contributed by atoms with Crippen molar-refractivity contribution in [3.63, 3.8) is 0 Å². The lowest BCUT2D eigenvalue weighted by atomic mass is 10.1. The van der Waals surface area contributed by atoms with Gasteiger partial charge in [-0.15, -0.1) is 0 Å². The van der Waals surface area contributed by atoms with Crippen LogP contribution in [0.1, 0.15) is 30.4 Å². The van der Waals surface area contributed by atoms with Gasteiger partial charge in [0.25, 0.3) is 5.91 Å². The number of carbonyl (C=O) groups excluding carboxylic acids is 2. The molecule has 1 aliphatic heterocycles. The topological polar surface area (TPSA) is 119 Å². The summed E-state index contributed by atoms with van der Waals surface area (Å²) in [5, 5.41) is 10.1. The van der Waals surface area contributed by atoms with Gasteiger partial charge in [-0.3, -0.25) is 19.5 Å². The summed E-state index contributed by atoms with van der Waals surface area (Å²) < 4.78 is 3.47. The van der Waals surface area contributed by atoms with Crippen molar-refractivity contribution in [2.24, 2.45) is 0 Å². The number of amides is 2. The minimum absolute atomic E-state index is 0.0484. The van der Waals surface area contributed by atoms with Crippen molar-refractivity contribution >= 4 is 40.5 Å². The molecule has 2 aliphatic rings. The van der Waals surface area contributed by atoms with Gasteiger partial charge in [-0.25, -0.2) is 4.98 Å². The van der Waals surface area contributed by atoms with E-state index in [0.29, 0.717) is 34.7 Å². The Balaban J connectivity index is 1.54. The molecule has 2 N–H and O–H groups in total. The number of hydrogen-bond donors (Lipinski definition) is 2. The molecule has 4 heterocycles. The molecule has 2 amide bonds. The van der Waals surface area contributed by atoms with Gasteiger partial charge in [0.05, 0.1) is 23.7 Å². The molecule has 0 spiro atoms. The number of carbonyl (C=O) groups is 2. The predicted octanol–water partition coefficient (Wildman–Crippen LogP) is 1.78. The first kappa shape index (κ1) is 17.8. The molecule has 31 heavy (non-hydrogen) atoms. The first-order valence-electron chi connectivity index (χ1n) is 10.1. The van der Waals surface area contributed by atoms with Crippen LogP contribution in [0.3, 0.4) is 0 Å². The Labute approximate surface area is 176 Å². The minimum Gasteiger partial charge on any atom is -0.351 e. The predicted molar refractivity (Wildman–Crippen MR) is 113 cm³/mol. The molecule has 4 aromatic rings. The molecule has 1 aromatic carbocycles. The highest BCUT2D eigenvalue weighted by atomic mass is 16.2. The molecule has 0 atom stereocenters. The standard InChI is InChI=1S/C21H18N8O2/c1-11-2-5-16-15(6-11)22-10-28(16)20-26-18-13(7-12-8-17(30)25-19(12)31)9-23-29(18)21(27-20)24-14-3-4-14/h2,5-7,9-10,14H,3-4,8H2,1H3,(H,24,26,27)(H,25,30,31)/b12-7+. The number of benzene rings is 1. The number of hydrogen-bond acceptors (Lipinski definition) is 7. The number of imidazole rings is 1. The van der Waals surface area contributed by atoms with Gasteiger partial charge >= 0.3 is 0 Å². The van der Waals surface area contributed by atoms with Crippen LogP contribution in [0.25, 0.3) is 28.7 Å². The van der Waals surface area contributed by atoms with Crippen molar-refractivity contribution in [3.05, 3.63) is 47.4 Å². The number of aryl methyl sites for hydroxylation is 1. The van der Waals surface area contributed by atoms with Crippen LogP contribution < -0.4 is 10.6 Å². The van der Waals surface area contributed by atoms with E-state index in [0.717, 1.165) is 29.4 Å². The third kappa shape index (κ3) is 3.03. The summed E-state index contributed by atoms with van der Waals surface area (Å²) in [4.78, 5) is 37.5. The second kappa shape index (κ2) is 6.46. The number of rotatable bonds is 4. The molecule has 154 valence electrons. The first-order chi connectivity index (χ1) is 15.0. The number of aromatic nitrogens is 6. The van der Waals surface area contributed by atoms with Gasteiger partial charge in [-0.2, -0.15) is 19.6 Å². The van der Waals surface area contributed by atoms with Crippen molar-refractivity contribution in [2.45, 2.75) is 32.2 Å². The Morgan fingerprint density at radius 2 is 2.10 bits per heavy atom. The van der Waals surface area contributed by atoms with E-state index >= 15 is 0 Å². The maximum atomic E-state index is 12.0. The fourth-order valence-electron chi connectivity index (χ4n) is 3.69. The molecule has 0 bridgehead atoms. The summed E-state index contributed by atoms with van der Waals surface area (Å²) in [5.74, 6) is 0.340. The van der Waals surface area contributed by atoms with Crippen LogP contribution >= 0.6 is 0 Å². The van der Waals surface area contributed by atoms with Crippen molar-refractivity contribution < 1.29 is 9.59 Å². The zero-order chi connectivity index (χ0) is 21.1. The van der Waals surface area contributed by atoms with Crippen molar-refractivity contribution in [1.29, 1.82) is 0 Å². The van der Waals surface area contributed by atoms with Crippen LogP contribution in [0.15, 0.2) is 36.3 Å². The number of nitrogens with zero attached hydrogens (tertiary/aromatic N) is 6. The molecule has 0 radical (unpaired) electrons. The van der Waals surface area contributed by atoms with Crippen LogP contribution in [-0.4, -0.2) is 47.0 Å². The summed E-state index contributed by atoms with van der Waals surface area (Å²) >= 11 is 0. The fourth-order valence-corrected chi connectivity index (χ4v) is 3.69. The highest BCUT2D eigenvalue weighted by molar-refractivity contribution is 6.15. The van der Waals surface area contributed by atoms with E-state index in [4.69, 9.17) is 9.97 Å². The van der Waals surface area contributed by atoms with Gasteiger partial charge in [0.1, 0.15) is 6.33 Å². The highest BCUT2D eigenvalue weighted by Gasteiger charge is 2.26. The molecule has 1 saturated carbocycles. The first-order valence-corrected chi connectivity index (χ1v) is 10.1. The largest absolute Gasteiger partial charge is 0.351 e. The van der Waals surface area contributed by atoms with E-state index in [1.165, 1.54) is 0 Å². The molecule has 3 aromatic heterocycles. The lowest BCUT2D eigenvalue weighted by molar-refractivity contribution is -0.124. The number of fused-ring (bicyclic) bond motifs is 2. The van der Waals surface area contributed by atoms with Crippen LogP contribution in [0.4, 0.5) is 5.95 Å². The quantitative estimate of drug-likeness (QED) is 0.386. The molecule has 0 unspecified atom stereocenters. The zero-order valence-corrected chi connectivity index (χ0v) is 16.7. The monoisotopic (exact) mass is 414 g/mol. The van der Waals surface area contributed by atoms with E-state index in [9.17, 15) is 9.59 Å². The van der Waals surface area contributed by atoms with E-state index in [-0.39, 0.29) is 18.2 Å². The molecular weight excluding hydrogens is 396 g/mol. The minimum atomic E-state index is -0.383. The Morgan fingerprint density at radius 1 is 1.23 bits per heavy atom. The molecule has 10 heteroatoms. The van der Waals surface area contributed by atoms with Crippen LogP contribution in [0, 0.1) is 6.92 Å². The van der Waals surface area contributed by atoms with Gasteiger partial charge in [-0.05, 0) is 43.5 Å². The number of nitrogens with one attached hydrogen (secondary N) is 2. The van der Waals surface area contributed by atoms with Crippen molar-refractivity contribution in [2.75, 3.05) is 5.32 Å². The van der Waals surface area contributed by atoms with E-state index in [1.807, 2.05) is 29.7 Å². The van der Waals surface area contributed by atoms with Gasteiger partial charge in [0.15, 0.2) is 5.65 Å². The molecule has 2 fully saturated rings. The van der Waals surface area contributed by atoms with Crippen LogP contribution in [-0.2, 0) is 9.59 Å². The average molecular weight is 414 g/mol. The third-order valence-electron chi connectivity index (χ3n) is 5.44. The molecule has 10 nitrogen and oxygen atoms in total. The van der Waals surface area contributed by atoms with Crippen molar-refractivity contribution in [3.8, 4) is 5.95 Å². The van der Waals surface area contributed by atoms with Crippen LogP contribution in [0.2, 0.25) is 0 Å². The second-order valence-electron chi connectivity index (χ2n) is 7.93.